The Morgan fingerprint density at radius 2 is 2.37 bits per heavy atom. The first-order valence-corrected chi connectivity index (χ1v) is 7.58. The van der Waals surface area contributed by atoms with Crippen LogP contribution < -0.4 is 5.73 Å². The minimum atomic E-state index is -0.273. The number of nitrogen functional groups attached to an aromatic ring is 1. The number of benzene rings is 1. The molecule has 1 aliphatic rings. The second-order valence-corrected chi connectivity index (χ2v) is 6.33. The monoisotopic (exact) mass is 292 g/mol. The Kier molecular flexibility index (Phi) is 3.20. The van der Waals surface area contributed by atoms with Crippen molar-refractivity contribution in [3.8, 4) is 0 Å². The molecule has 98 valence electrons. The van der Waals surface area contributed by atoms with Crippen LogP contribution in [0.2, 0.25) is 0 Å². The summed E-state index contributed by atoms with van der Waals surface area (Å²) in [4.78, 5) is 16.9. The van der Waals surface area contributed by atoms with Gasteiger partial charge in [0.15, 0.2) is 4.34 Å². The summed E-state index contributed by atoms with van der Waals surface area (Å²) >= 11 is 3.08. The number of fused-ring (bicyclic) bond motifs is 1. The average Bonchev–Trinajstić information content (AvgIpc) is 2.98. The van der Waals surface area contributed by atoms with E-state index in [1.54, 1.807) is 17.4 Å². The zero-order chi connectivity index (χ0) is 13.4. The Bertz CT molecular complexity index is 652. The quantitative estimate of drug-likeness (QED) is 0.695. The van der Waals surface area contributed by atoms with Crippen LogP contribution in [-0.2, 0) is 17.8 Å². The van der Waals surface area contributed by atoms with E-state index in [1.165, 1.54) is 11.8 Å². The second kappa shape index (κ2) is 4.86. The lowest BCUT2D eigenvalue weighted by Gasteiger charge is -2.05. The molecule has 19 heavy (non-hydrogen) atoms. The number of aryl methyl sites for hydroxylation is 1. The van der Waals surface area contributed by atoms with Gasteiger partial charge in [-0.15, -0.1) is 11.3 Å². The first-order chi connectivity index (χ1) is 9.17. The Labute approximate surface area is 119 Å². The number of nitrogens with zero attached hydrogens (tertiary/aromatic N) is 1. The zero-order valence-electron chi connectivity index (χ0n) is 10.3. The second-order valence-electron chi connectivity index (χ2n) is 4.18. The molecule has 2 N–H and O–H groups in total. The molecule has 2 heterocycles. The molecular formula is C13H12N2O2S2. The fourth-order valence-electron chi connectivity index (χ4n) is 1.85. The molecule has 0 aliphatic carbocycles. The summed E-state index contributed by atoms with van der Waals surface area (Å²) in [5.74, 6) is -0.273. The van der Waals surface area contributed by atoms with E-state index in [4.69, 9.17) is 10.5 Å². The van der Waals surface area contributed by atoms with Crippen molar-refractivity contribution in [2.45, 2.75) is 29.2 Å². The van der Waals surface area contributed by atoms with Gasteiger partial charge in [0.05, 0.1) is 11.3 Å². The van der Waals surface area contributed by atoms with Crippen molar-refractivity contribution in [1.29, 1.82) is 0 Å². The number of anilines is 1. The van der Waals surface area contributed by atoms with Crippen molar-refractivity contribution in [2.24, 2.45) is 0 Å². The number of hydrogen-bond acceptors (Lipinski definition) is 6. The summed E-state index contributed by atoms with van der Waals surface area (Å²) in [6, 6.07) is 3.62. The summed E-state index contributed by atoms with van der Waals surface area (Å²) in [6.45, 7) is 2.39. The highest BCUT2D eigenvalue weighted by atomic mass is 32.2. The molecule has 2 aromatic rings. The molecule has 1 aliphatic heterocycles. The molecule has 0 fully saturated rings. The van der Waals surface area contributed by atoms with E-state index in [0.29, 0.717) is 17.9 Å². The predicted octanol–water partition coefficient (Wildman–Crippen LogP) is 3.11. The van der Waals surface area contributed by atoms with Gasteiger partial charge in [0.2, 0.25) is 0 Å². The Morgan fingerprint density at radius 1 is 1.53 bits per heavy atom. The fraction of sp³-hybridized carbons (Fsp3) is 0.231. The molecule has 0 unspecified atom stereocenters. The number of carbonyl (C=O) groups excluding carboxylic acids is 1. The number of esters is 1. The molecule has 0 amide bonds. The van der Waals surface area contributed by atoms with E-state index >= 15 is 0 Å². The van der Waals surface area contributed by atoms with Gasteiger partial charge in [-0.05, 0) is 18.6 Å². The molecule has 4 nitrogen and oxygen atoms in total. The topological polar surface area (TPSA) is 65.2 Å². The number of rotatable bonds is 3. The van der Waals surface area contributed by atoms with Crippen molar-refractivity contribution in [2.75, 3.05) is 5.73 Å². The molecule has 0 saturated carbocycles. The fourth-order valence-corrected chi connectivity index (χ4v) is 3.79. The van der Waals surface area contributed by atoms with Crippen molar-refractivity contribution in [3.05, 3.63) is 34.3 Å². The van der Waals surface area contributed by atoms with Gasteiger partial charge in [0, 0.05) is 21.5 Å². The van der Waals surface area contributed by atoms with Crippen molar-refractivity contribution >= 4 is 34.8 Å². The third-order valence-electron chi connectivity index (χ3n) is 2.90. The van der Waals surface area contributed by atoms with Crippen LogP contribution in [-0.4, -0.2) is 11.0 Å². The third kappa shape index (κ3) is 2.33. The van der Waals surface area contributed by atoms with Gasteiger partial charge in [0.25, 0.3) is 0 Å². The van der Waals surface area contributed by atoms with Crippen LogP contribution in [0.4, 0.5) is 5.69 Å². The number of aromatic nitrogens is 1. The van der Waals surface area contributed by atoms with Gasteiger partial charge in [-0.25, -0.2) is 9.78 Å². The zero-order valence-corrected chi connectivity index (χ0v) is 11.9. The molecule has 3 rings (SSSR count). The van der Waals surface area contributed by atoms with Crippen LogP contribution >= 0.6 is 23.1 Å². The van der Waals surface area contributed by atoms with Crippen LogP contribution in [0, 0.1) is 0 Å². The van der Waals surface area contributed by atoms with Crippen LogP contribution in [0.15, 0.2) is 26.7 Å². The van der Waals surface area contributed by atoms with E-state index in [1.807, 2.05) is 11.4 Å². The maximum absolute atomic E-state index is 11.5. The van der Waals surface area contributed by atoms with E-state index in [0.717, 1.165) is 26.9 Å². The van der Waals surface area contributed by atoms with Crippen LogP contribution in [0.25, 0.3) is 0 Å². The van der Waals surface area contributed by atoms with Gasteiger partial charge in [-0.1, -0.05) is 18.7 Å². The maximum atomic E-state index is 11.5. The SMILES string of the molecule is CCc1csc(Sc2cc3c(cc2N)COC3=O)n1. The molecule has 0 spiro atoms. The number of carbonyl (C=O) groups is 1. The Morgan fingerprint density at radius 3 is 3.11 bits per heavy atom. The van der Waals surface area contributed by atoms with Crippen molar-refractivity contribution in [3.63, 3.8) is 0 Å². The van der Waals surface area contributed by atoms with Gasteiger partial charge in [0.1, 0.15) is 6.61 Å². The number of thiazole rings is 1. The van der Waals surface area contributed by atoms with E-state index < -0.39 is 0 Å². The number of ether oxygens (including phenoxy) is 1. The summed E-state index contributed by atoms with van der Waals surface area (Å²) in [5.41, 5.74) is 9.23. The Hall–Kier alpha value is -1.53. The molecule has 0 bridgehead atoms. The normalized spacial score (nSPS) is 13.4. The lowest BCUT2D eigenvalue weighted by Crippen LogP contribution is -1.96. The molecule has 0 atom stereocenters. The highest BCUT2D eigenvalue weighted by molar-refractivity contribution is 8.01. The smallest absolute Gasteiger partial charge is 0.338 e. The van der Waals surface area contributed by atoms with E-state index in [9.17, 15) is 4.79 Å². The summed E-state index contributed by atoms with van der Waals surface area (Å²) in [7, 11) is 0. The van der Waals surface area contributed by atoms with Crippen LogP contribution in [0.1, 0.15) is 28.5 Å². The van der Waals surface area contributed by atoms with Crippen LogP contribution in [0.3, 0.4) is 0 Å². The molecule has 0 radical (unpaired) electrons. The minimum Gasteiger partial charge on any atom is -0.457 e. The largest absolute Gasteiger partial charge is 0.457 e. The predicted molar refractivity (Wildman–Crippen MR) is 75.6 cm³/mol. The van der Waals surface area contributed by atoms with Crippen LogP contribution in [0.5, 0.6) is 0 Å². The Balaban J connectivity index is 1.92. The molecule has 6 heteroatoms. The third-order valence-corrected chi connectivity index (χ3v) is 4.97. The maximum Gasteiger partial charge on any atom is 0.338 e. The number of cyclic esters (lactones) is 1. The number of nitrogens with two attached hydrogens (primary N) is 1. The van der Waals surface area contributed by atoms with Crippen molar-refractivity contribution < 1.29 is 9.53 Å². The standard InChI is InChI=1S/C13H12N2O2S2/c1-2-8-6-18-13(15-8)19-11-4-9-7(3-10(11)14)5-17-12(9)16/h3-4,6H,2,5,14H2,1H3. The number of hydrogen-bond donors (Lipinski definition) is 1. The highest BCUT2D eigenvalue weighted by Crippen LogP contribution is 2.37. The first-order valence-electron chi connectivity index (χ1n) is 5.89. The summed E-state index contributed by atoms with van der Waals surface area (Å²) in [5, 5.41) is 2.04. The molecule has 1 aromatic heterocycles. The summed E-state index contributed by atoms with van der Waals surface area (Å²) in [6.07, 6.45) is 0.920. The molecular weight excluding hydrogens is 280 g/mol. The first kappa shape index (κ1) is 12.5. The van der Waals surface area contributed by atoms with Gasteiger partial charge in [-0.2, -0.15) is 0 Å². The van der Waals surface area contributed by atoms with Crippen molar-refractivity contribution in [1.82, 2.24) is 4.98 Å². The highest BCUT2D eigenvalue weighted by Gasteiger charge is 2.23. The average molecular weight is 292 g/mol. The van der Waals surface area contributed by atoms with Gasteiger partial charge in [-0.3, -0.25) is 0 Å². The minimum absolute atomic E-state index is 0.273. The summed E-state index contributed by atoms with van der Waals surface area (Å²) < 4.78 is 5.93. The lowest BCUT2D eigenvalue weighted by atomic mass is 10.1. The molecule has 1 aromatic carbocycles. The molecule has 0 saturated heterocycles. The van der Waals surface area contributed by atoms with E-state index in [-0.39, 0.29) is 5.97 Å². The van der Waals surface area contributed by atoms with Gasteiger partial charge >= 0.3 is 5.97 Å². The van der Waals surface area contributed by atoms with Gasteiger partial charge < -0.3 is 10.5 Å². The lowest BCUT2D eigenvalue weighted by molar-refractivity contribution is 0.0535. The van der Waals surface area contributed by atoms with E-state index in [2.05, 4.69) is 11.9 Å².